The summed E-state index contributed by atoms with van der Waals surface area (Å²) in [6.07, 6.45) is 1.44. The van der Waals surface area contributed by atoms with Crippen molar-refractivity contribution in [3.63, 3.8) is 0 Å². The highest BCUT2D eigenvalue weighted by molar-refractivity contribution is 5.97. The molecule has 1 heterocycles. The second kappa shape index (κ2) is 8.42. The summed E-state index contributed by atoms with van der Waals surface area (Å²) in [6.45, 7) is 0.769. The number of rotatable bonds is 6. The number of imide groups is 1. The lowest BCUT2D eigenvalue weighted by atomic mass is 10.1. The Kier molecular flexibility index (Phi) is 6.04. The molecular weight excluding hydrogens is 346 g/mol. The van der Waals surface area contributed by atoms with Crippen LogP contribution in [0.1, 0.15) is 21.7 Å². The minimum atomic E-state index is -0.905. The molecule has 0 aliphatic carbocycles. The van der Waals surface area contributed by atoms with Gasteiger partial charge < -0.3 is 14.5 Å². The zero-order valence-electron chi connectivity index (χ0n) is 13.7. The first-order valence-corrected chi connectivity index (χ1v) is 7.39. The number of nitro benzene ring substituents is 1. The molecule has 0 fully saturated rings. The second-order valence-corrected chi connectivity index (χ2v) is 5.09. The molecule has 2 rings (SSSR count). The van der Waals surface area contributed by atoms with Gasteiger partial charge in [0.1, 0.15) is 5.76 Å². The number of carbonyl (C=O) groups is 3. The maximum Gasteiger partial charge on any atom is 0.339 e. The summed E-state index contributed by atoms with van der Waals surface area (Å²) in [5.74, 6) is -1.25. The van der Waals surface area contributed by atoms with Crippen LogP contribution in [-0.2, 0) is 16.1 Å². The summed E-state index contributed by atoms with van der Waals surface area (Å²) in [7, 11) is 0. The molecule has 10 nitrogen and oxygen atoms in total. The molecule has 0 bridgehead atoms. The number of nitrogens with one attached hydrogen (secondary N) is 2. The molecule has 10 heteroatoms. The molecule has 3 amide bonds. The molecule has 2 N–H and O–H groups in total. The Morgan fingerprint density at radius 1 is 1.23 bits per heavy atom. The zero-order chi connectivity index (χ0) is 19.1. The molecule has 1 aromatic heterocycles. The van der Waals surface area contributed by atoms with E-state index in [9.17, 15) is 24.5 Å². The van der Waals surface area contributed by atoms with Gasteiger partial charge in [-0.2, -0.15) is 0 Å². The molecule has 2 aromatic rings. The Hall–Kier alpha value is -3.69. The van der Waals surface area contributed by atoms with Crippen LogP contribution < -0.4 is 10.6 Å². The number of urea groups is 1. The van der Waals surface area contributed by atoms with Crippen molar-refractivity contribution >= 4 is 23.6 Å². The lowest BCUT2D eigenvalue weighted by Gasteiger charge is -2.08. The van der Waals surface area contributed by atoms with Gasteiger partial charge in [0.2, 0.25) is 0 Å². The lowest BCUT2D eigenvalue weighted by molar-refractivity contribution is -0.385. The van der Waals surface area contributed by atoms with Crippen LogP contribution in [0.15, 0.2) is 41.0 Å². The number of amides is 3. The minimum Gasteiger partial charge on any atom is -0.467 e. The van der Waals surface area contributed by atoms with E-state index in [1.807, 2.05) is 5.32 Å². The molecule has 136 valence electrons. The fourth-order valence-corrected chi connectivity index (χ4v) is 2.04. The van der Waals surface area contributed by atoms with Gasteiger partial charge in [0.05, 0.1) is 23.3 Å². The number of esters is 1. The molecule has 0 unspecified atom stereocenters. The summed E-state index contributed by atoms with van der Waals surface area (Å²) in [5.41, 5.74) is -0.144. The summed E-state index contributed by atoms with van der Waals surface area (Å²) >= 11 is 0. The summed E-state index contributed by atoms with van der Waals surface area (Å²) < 4.78 is 9.79. The first kappa shape index (κ1) is 18.6. The van der Waals surface area contributed by atoms with Gasteiger partial charge in [-0.1, -0.05) is 6.07 Å². The van der Waals surface area contributed by atoms with E-state index in [2.05, 4.69) is 5.32 Å². The molecule has 26 heavy (non-hydrogen) atoms. The number of hydrogen-bond donors (Lipinski definition) is 2. The van der Waals surface area contributed by atoms with Crippen molar-refractivity contribution in [2.45, 2.75) is 13.5 Å². The lowest BCUT2D eigenvalue weighted by Crippen LogP contribution is -2.41. The number of carbonyl (C=O) groups excluding carboxylic acids is 3. The highest BCUT2D eigenvalue weighted by Crippen LogP contribution is 2.21. The van der Waals surface area contributed by atoms with Crippen molar-refractivity contribution in [3.8, 4) is 0 Å². The fraction of sp³-hybridized carbons (Fsp3) is 0.188. The molecular formula is C16H15N3O7. The van der Waals surface area contributed by atoms with Gasteiger partial charge in [-0.3, -0.25) is 20.2 Å². The average Bonchev–Trinajstić information content (AvgIpc) is 3.11. The number of ether oxygens (including phenoxy) is 1. The first-order valence-electron chi connectivity index (χ1n) is 7.39. The van der Waals surface area contributed by atoms with E-state index in [0.29, 0.717) is 5.76 Å². The van der Waals surface area contributed by atoms with E-state index < -0.39 is 29.4 Å². The SMILES string of the molecule is Cc1c(C(=O)OCC(=O)NC(=O)NCc2ccco2)cccc1[N+](=O)[O-]. The zero-order valence-corrected chi connectivity index (χ0v) is 13.7. The Morgan fingerprint density at radius 2 is 2.00 bits per heavy atom. The maximum absolute atomic E-state index is 12.0. The highest BCUT2D eigenvalue weighted by atomic mass is 16.6. The van der Waals surface area contributed by atoms with Crippen molar-refractivity contribution < 1.29 is 28.5 Å². The maximum atomic E-state index is 12.0. The monoisotopic (exact) mass is 361 g/mol. The standard InChI is InChI=1S/C16H15N3O7/c1-10-12(5-2-6-13(10)19(23)24)15(21)26-9-14(20)18-16(22)17-8-11-4-3-7-25-11/h2-7H,8-9H2,1H3,(H2,17,18,20,22). The van der Waals surface area contributed by atoms with Crippen LogP contribution in [-0.4, -0.2) is 29.4 Å². The van der Waals surface area contributed by atoms with Gasteiger partial charge in [-0.15, -0.1) is 0 Å². The van der Waals surface area contributed by atoms with Crippen molar-refractivity contribution in [1.82, 2.24) is 10.6 Å². The van der Waals surface area contributed by atoms with Crippen LogP contribution in [0.25, 0.3) is 0 Å². The quantitative estimate of drug-likeness (QED) is 0.453. The molecule has 0 saturated heterocycles. The Labute approximate surface area is 147 Å². The van der Waals surface area contributed by atoms with E-state index >= 15 is 0 Å². The largest absolute Gasteiger partial charge is 0.467 e. The second-order valence-electron chi connectivity index (χ2n) is 5.09. The summed E-state index contributed by atoms with van der Waals surface area (Å²) in [4.78, 5) is 45.4. The number of furan rings is 1. The normalized spacial score (nSPS) is 10.0. The van der Waals surface area contributed by atoms with Crippen LogP contribution in [0.2, 0.25) is 0 Å². The van der Waals surface area contributed by atoms with E-state index in [1.54, 1.807) is 12.1 Å². The third kappa shape index (κ3) is 4.90. The van der Waals surface area contributed by atoms with Crippen molar-refractivity contribution in [2.75, 3.05) is 6.61 Å². The first-order chi connectivity index (χ1) is 12.4. The molecule has 0 aliphatic heterocycles. The molecule has 0 saturated carbocycles. The van der Waals surface area contributed by atoms with Gasteiger partial charge in [-0.05, 0) is 25.1 Å². The summed E-state index contributed by atoms with van der Waals surface area (Å²) in [5, 5.41) is 15.2. The number of nitro groups is 1. The predicted octanol–water partition coefficient (Wildman–Crippen LogP) is 1.68. The van der Waals surface area contributed by atoms with Crippen molar-refractivity contribution in [3.05, 3.63) is 63.6 Å². The van der Waals surface area contributed by atoms with Gasteiger partial charge in [0, 0.05) is 11.6 Å². The van der Waals surface area contributed by atoms with Gasteiger partial charge in [0.25, 0.3) is 11.6 Å². The molecule has 0 atom stereocenters. The fourth-order valence-electron chi connectivity index (χ4n) is 2.04. The molecule has 0 spiro atoms. The van der Waals surface area contributed by atoms with E-state index in [0.717, 1.165) is 0 Å². The molecule has 0 radical (unpaired) electrons. The number of nitrogens with zero attached hydrogens (tertiary/aromatic N) is 1. The predicted molar refractivity (Wildman–Crippen MR) is 87.2 cm³/mol. The van der Waals surface area contributed by atoms with Crippen LogP contribution in [0.3, 0.4) is 0 Å². The molecule has 1 aromatic carbocycles. The van der Waals surface area contributed by atoms with Crippen LogP contribution >= 0.6 is 0 Å². The summed E-state index contributed by atoms with van der Waals surface area (Å²) in [6, 6.07) is 6.44. The van der Waals surface area contributed by atoms with Crippen molar-refractivity contribution in [1.29, 1.82) is 0 Å². The van der Waals surface area contributed by atoms with Crippen LogP contribution in [0, 0.1) is 17.0 Å². The van der Waals surface area contributed by atoms with E-state index in [4.69, 9.17) is 9.15 Å². The Balaban J connectivity index is 1.83. The van der Waals surface area contributed by atoms with Gasteiger partial charge in [0.15, 0.2) is 6.61 Å². The third-order valence-corrected chi connectivity index (χ3v) is 3.31. The highest BCUT2D eigenvalue weighted by Gasteiger charge is 2.20. The number of benzene rings is 1. The van der Waals surface area contributed by atoms with Crippen LogP contribution in [0.5, 0.6) is 0 Å². The van der Waals surface area contributed by atoms with Gasteiger partial charge >= 0.3 is 12.0 Å². The van der Waals surface area contributed by atoms with Gasteiger partial charge in [-0.25, -0.2) is 9.59 Å². The van der Waals surface area contributed by atoms with Crippen molar-refractivity contribution in [2.24, 2.45) is 0 Å². The van der Waals surface area contributed by atoms with E-state index in [1.165, 1.54) is 31.4 Å². The average molecular weight is 361 g/mol. The molecule has 0 aliphatic rings. The van der Waals surface area contributed by atoms with Crippen LogP contribution in [0.4, 0.5) is 10.5 Å². The smallest absolute Gasteiger partial charge is 0.339 e. The topological polar surface area (TPSA) is 141 Å². The number of hydrogen-bond acceptors (Lipinski definition) is 7. The van der Waals surface area contributed by atoms with E-state index in [-0.39, 0.29) is 23.4 Å². The Morgan fingerprint density at radius 3 is 2.65 bits per heavy atom. The Bertz CT molecular complexity index is 830. The third-order valence-electron chi connectivity index (χ3n) is 3.31. The minimum absolute atomic E-state index is 0.0331.